The SMILES string of the molecule is CCOc1ccc(-c2ccc(C[C@H](N)C(=O)OC)cc2)cc1. The third-order valence-corrected chi connectivity index (χ3v) is 3.41. The maximum absolute atomic E-state index is 11.3. The second-order valence-corrected chi connectivity index (χ2v) is 4.99. The van der Waals surface area contributed by atoms with Crippen LogP contribution >= 0.6 is 0 Å². The highest BCUT2D eigenvalue weighted by atomic mass is 16.5. The predicted molar refractivity (Wildman–Crippen MR) is 86.7 cm³/mol. The van der Waals surface area contributed by atoms with Crippen molar-refractivity contribution < 1.29 is 14.3 Å². The number of nitrogens with two attached hydrogens (primary N) is 1. The highest BCUT2D eigenvalue weighted by molar-refractivity contribution is 5.75. The molecule has 2 aromatic carbocycles. The van der Waals surface area contributed by atoms with Crippen molar-refractivity contribution in [2.45, 2.75) is 19.4 Å². The summed E-state index contributed by atoms with van der Waals surface area (Å²) in [6, 6.07) is 15.4. The van der Waals surface area contributed by atoms with Crippen LogP contribution in [0.3, 0.4) is 0 Å². The van der Waals surface area contributed by atoms with Gasteiger partial charge in [0, 0.05) is 0 Å². The molecule has 4 nitrogen and oxygen atoms in total. The van der Waals surface area contributed by atoms with Crippen molar-refractivity contribution in [2.24, 2.45) is 5.73 Å². The third kappa shape index (κ3) is 4.09. The molecule has 22 heavy (non-hydrogen) atoms. The van der Waals surface area contributed by atoms with E-state index in [1.165, 1.54) is 7.11 Å². The molecule has 116 valence electrons. The first-order valence-electron chi connectivity index (χ1n) is 7.29. The molecule has 0 saturated carbocycles. The zero-order valence-corrected chi connectivity index (χ0v) is 12.9. The Balaban J connectivity index is 2.06. The molecule has 2 aromatic rings. The van der Waals surface area contributed by atoms with Gasteiger partial charge in [-0.15, -0.1) is 0 Å². The van der Waals surface area contributed by atoms with Crippen LogP contribution in [0.5, 0.6) is 5.75 Å². The zero-order chi connectivity index (χ0) is 15.9. The molecule has 0 fully saturated rings. The highest BCUT2D eigenvalue weighted by Crippen LogP contribution is 2.23. The summed E-state index contributed by atoms with van der Waals surface area (Å²) in [5.74, 6) is 0.475. The van der Waals surface area contributed by atoms with Gasteiger partial charge in [-0.1, -0.05) is 36.4 Å². The van der Waals surface area contributed by atoms with E-state index in [9.17, 15) is 4.79 Å². The molecule has 4 heteroatoms. The average molecular weight is 299 g/mol. The minimum absolute atomic E-state index is 0.393. The topological polar surface area (TPSA) is 61.5 Å². The summed E-state index contributed by atoms with van der Waals surface area (Å²) in [6.07, 6.45) is 0.468. The fourth-order valence-electron chi connectivity index (χ4n) is 2.23. The van der Waals surface area contributed by atoms with Crippen molar-refractivity contribution in [2.75, 3.05) is 13.7 Å². The summed E-state index contributed by atoms with van der Waals surface area (Å²) in [6.45, 7) is 2.63. The van der Waals surface area contributed by atoms with Crippen molar-refractivity contribution in [3.8, 4) is 16.9 Å². The lowest BCUT2D eigenvalue weighted by Gasteiger charge is -2.10. The Morgan fingerprint density at radius 2 is 1.59 bits per heavy atom. The van der Waals surface area contributed by atoms with Gasteiger partial charge in [-0.2, -0.15) is 0 Å². The van der Waals surface area contributed by atoms with Gasteiger partial charge >= 0.3 is 5.97 Å². The predicted octanol–water partition coefficient (Wildman–Crippen LogP) is 2.80. The molecule has 0 unspecified atom stereocenters. The highest BCUT2D eigenvalue weighted by Gasteiger charge is 2.14. The van der Waals surface area contributed by atoms with Crippen LogP contribution in [0.25, 0.3) is 11.1 Å². The maximum atomic E-state index is 11.3. The number of hydrogen-bond donors (Lipinski definition) is 1. The Hall–Kier alpha value is -2.33. The fraction of sp³-hybridized carbons (Fsp3) is 0.278. The molecule has 0 aliphatic heterocycles. The standard InChI is InChI=1S/C18H21NO3/c1-3-22-16-10-8-15(9-11-16)14-6-4-13(5-7-14)12-17(19)18(20)21-2/h4-11,17H,3,12,19H2,1-2H3/t17-/m0/s1. The number of rotatable bonds is 6. The first kappa shape index (κ1) is 16.0. The fourth-order valence-corrected chi connectivity index (χ4v) is 2.23. The van der Waals surface area contributed by atoms with E-state index >= 15 is 0 Å². The van der Waals surface area contributed by atoms with Gasteiger partial charge in [0.1, 0.15) is 11.8 Å². The van der Waals surface area contributed by atoms with Gasteiger partial charge in [0.15, 0.2) is 0 Å². The van der Waals surface area contributed by atoms with Crippen LogP contribution in [-0.4, -0.2) is 25.7 Å². The Morgan fingerprint density at radius 3 is 2.09 bits per heavy atom. The lowest BCUT2D eigenvalue weighted by atomic mass is 10.0. The Labute approximate surface area is 130 Å². The summed E-state index contributed by atoms with van der Waals surface area (Å²) in [5.41, 5.74) is 9.00. The third-order valence-electron chi connectivity index (χ3n) is 3.41. The quantitative estimate of drug-likeness (QED) is 0.833. The van der Waals surface area contributed by atoms with Crippen molar-refractivity contribution >= 4 is 5.97 Å². The molecule has 0 spiro atoms. The smallest absolute Gasteiger partial charge is 0.322 e. The van der Waals surface area contributed by atoms with Gasteiger partial charge in [0.25, 0.3) is 0 Å². The van der Waals surface area contributed by atoms with Crippen molar-refractivity contribution in [3.05, 3.63) is 54.1 Å². The summed E-state index contributed by atoms with van der Waals surface area (Å²) in [4.78, 5) is 11.3. The van der Waals surface area contributed by atoms with Crippen molar-refractivity contribution in [3.63, 3.8) is 0 Å². The van der Waals surface area contributed by atoms with E-state index in [4.69, 9.17) is 10.5 Å². The minimum atomic E-state index is -0.624. The number of ether oxygens (including phenoxy) is 2. The van der Waals surface area contributed by atoms with E-state index in [2.05, 4.69) is 4.74 Å². The molecule has 1 atom stereocenters. The lowest BCUT2D eigenvalue weighted by molar-refractivity contribution is -0.142. The summed E-state index contributed by atoms with van der Waals surface area (Å²) < 4.78 is 10.1. The molecular formula is C18H21NO3. The van der Waals surface area contributed by atoms with E-state index in [1.54, 1.807) is 0 Å². The van der Waals surface area contributed by atoms with Crippen LogP contribution in [0.4, 0.5) is 0 Å². The maximum Gasteiger partial charge on any atom is 0.322 e. The van der Waals surface area contributed by atoms with Crippen molar-refractivity contribution in [1.82, 2.24) is 0 Å². The summed E-state index contributed by atoms with van der Waals surface area (Å²) in [5, 5.41) is 0. The molecule has 0 aliphatic carbocycles. The molecule has 0 saturated heterocycles. The van der Waals surface area contributed by atoms with Crippen LogP contribution in [0.1, 0.15) is 12.5 Å². The second-order valence-electron chi connectivity index (χ2n) is 4.99. The molecule has 0 aromatic heterocycles. The monoisotopic (exact) mass is 299 g/mol. The number of benzene rings is 2. The molecular weight excluding hydrogens is 278 g/mol. The Kier molecular flexibility index (Phi) is 5.55. The number of carbonyl (C=O) groups is 1. The molecule has 0 bridgehead atoms. The lowest BCUT2D eigenvalue weighted by Crippen LogP contribution is -2.33. The average Bonchev–Trinajstić information content (AvgIpc) is 2.56. The molecule has 2 N–H and O–H groups in total. The summed E-state index contributed by atoms with van der Waals surface area (Å²) in [7, 11) is 1.34. The summed E-state index contributed by atoms with van der Waals surface area (Å²) >= 11 is 0. The van der Waals surface area contributed by atoms with Gasteiger partial charge < -0.3 is 15.2 Å². The minimum Gasteiger partial charge on any atom is -0.494 e. The van der Waals surface area contributed by atoms with Crippen LogP contribution in [-0.2, 0) is 16.0 Å². The Bertz CT molecular complexity index is 605. The van der Waals surface area contributed by atoms with Gasteiger partial charge in [0.2, 0.25) is 0 Å². The van der Waals surface area contributed by atoms with Crippen molar-refractivity contribution in [1.29, 1.82) is 0 Å². The normalized spacial score (nSPS) is 11.8. The van der Waals surface area contributed by atoms with Gasteiger partial charge in [-0.05, 0) is 42.2 Å². The van der Waals surface area contributed by atoms with E-state index in [1.807, 2.05) is 55.5 Å². The first-order valence-corrected chi connectivity index (χ1v) is 7.29. The van der Waals surface area contributed by atoms with Gasteiger partial charge in [0.05, 0.1) is 13.7 Å². The molecule has 0 amide bonds. The number of hydrogen-bond acceptors (Lipinski definition) is 4. The van der Waals surface area contributed by atoms with E-state index < -0.39 is 12.0 Å². The number of methoxy groups -OCH3 is 1. The molecule has 0 aliphatic rings. The molecule has 0 heterocycles. The molecule has 0 radical (unpaired) electrons. The van der Waals surface area contributed by atoms with Gasteiger partial charge in [-0.25, -0.2) is 0 Å². The van der Waals surface area contributed by atoms with E-state index in [0.29, 0.717) is 13.0 Å². The van der Waals surface area contributed by atoms with Crippen LogP contribution in [0, 0.1) is 0 Å². The zero-order valence-electron chi connectivity index (χ0n) is 12.9. The van der Waals surface area contributed by atoms with E-state index in [0.717, 1.165) is 22.4 Å². The number of esters is 1. The number of carbonyl (C=O) groups excluding carboxylic acids is 1. The van der Waals surface area contributed by atoms with Crippen LogP contribution in [0.2, 0.25) is 0 Å². The second kappa shape index (κ2) is 7.61. The largest absolute Gasteiger partial charge is 0.494 e. The Morgan fingerprint density at radius 1 is 1.05 bits per heavy atom. The first-order chi connectivity index (χ1) is 10.6. The van der Waals surface area contributed by atoms with E-state index in [-0.39, 0.29) is 0 Å². The van der Waals surface area contributed by atoms with Gasteiger partial charge in [-0.3, -0.25) is 4.79 Å². The van der Waals surface area contributed by atoms with Crippen LogP contribution < -0.4 is 10.5 Å². The van der Waals surface area contributed by atoms with Crippen LogP contribution in [0.15, 0.2) is 48.5 Å². The molecule has 2 rings (SSSR count).